The summed E-state index contributed by atoms with van der Waals surface area (Å²) in [6.45, 7) is 9.49. The molecule has 2 atom stereocenters. The van der Waals surface area contributed by atoms with Crippen LogP contribution in [0.15, 0.2) is 12.7 Å². The molecule has 0 aromatic heterocycles. The van der Waals surface area contributed by atoms with Crippen LogP contribution in [0.5, 0.6) is 0 Å². The Morgan fingerprint density at radius 2 is 2.31 bits per heavy atom. The molecule has 0 spiro atoms. The highest BCUT2D eigenvalue weighted by molar-refractivity contribution is 5.88. The smallest absolute Gasteiger partial charge is 0.167 e. The first-order valence-corrected chi connectivity index (χ1v) is 4.83. The molecule has 2 heteroatoms. The molecule has 0 aliphatic carbocycles. The molecule has 1 fully saturated rings. The molecule has 74 valence electrons. The molecule has 1 aliphatic heterocycles. The molecule has 0 amide bonds. The monoisotopic (exact) mass is 182 g/mol. The number of allylic oxidation sites excluding steroid dienone is 1. The summed E-state index contributed by atoms with van der Waals surface area (Å²) < 4.78 is 5.43. The van der Waals surface area contributed by atoms with Crippen LogP contribution in [0.4, 0.5) is 0 Å². The minimum Gasteiger partial charge on any atom is -0.358 e. The van der Waals surface area contributed by atoms with Gasteiger partial charge in [0.05, 0.1) is 0 Å². The van der Waals surface area contributed by atoms with Crippen molar-refractivity contribution >= 4 is 5.78 Å². The summed E-state index contributed by atoms with van der Waals surface area (Å²) in [5.41, 5.74) is -0.199. The summed E-state index contributed by atoms with van der Waals surface area (Å²) in [6.07, 6.45) is 3.52. The summed E-state index contributed by atoms with van der Waals surface area (Å²) in [5.74, 6) is 0.308. The third-order valence-electron chi connectivity index (χ3n) is 2.56. The zero-order valence-electron chi connectivity index (χ0n) is 8.67. The van der Waals surface area contributed by atoms with Gasteiger partial charge in [-0.1, -0.05) is 19.9 Å². The molecule has 13 heavy (non-hydrogen) atoms. The predicted octanol–water partition coefficient (Wildman–Crippen LogP) is 2.34. The highest BCUT2D eigenvalue weighted by Crippen LogP contribution is 2.41. The van der Waals surface area contributed by atoms with Gasteiger partial charge < -0.3 is 4.74 Å². The van der Waals surface area contributed by atoms with Crippen molar-refractivity contribution in [2.24, 2.45) is 5.92 Å². The summed E-state index contributed by atoms with van der Waals surface area (Å²) >= 11 is 0. The third-order valence-corrected chi connectivity index (χ3v) is 2.56. The van der Waals surface area contributed by atoms with Crippen LogP contribution in [-0.4, -0.2) is 17.5 Å². The summed E-state index contributed by atoms with van der Waals surface area (Å²) in [7, 11) is 0. The number of Topliss-reactive ketones (excluding diaryl/α,β-unsaturated/α-hetero) is 1. The molecule has 2 unspecified atom stereocenters. The van der Waals surface area contributed by atoms with E-state index in [1.54, 1.807) is 0 Å². The van der Waals surface area contributed by atoms with E-state index in [1.807, 2.05) is 26.8 Å². The van der Waals surface area contributed by atoms with Gasteiger partial charge in [-0.15, -0.1) is 6.58 Å². The van der Waals surface area contributed by atoms with E-state index in [2.05, 4.69) is 6.58 Å². The summed E-state index contributed by atoms with van der Waals surface area (Å²) in [4.78, 5) is 11.5. The van der Waals surface area contributed by atoms with E-state index in [9.17, 15) is 4.79 Å². The van der Waals surface area contributed by atoms with Crippen molar-refractivity contribution in [3.63, 3.8) is 0 Å². The van der Waals surface area contributed by atoms with E-state index in [0.29, 0.717) is 0 Å². The van der Waals surface area contributed by atoms with Gasteiger partial charge in [0.15, 0.2) is 5.78 Å². The molecular weight excluding hydrogens is 164 g/mol. The van der Waals surface area contributed by atoms with Crippen molar-refractivity contribution in [3.8, 4) is 0 Å². The fourth-order valence-electron chi connectivity index (χ4n) is 1.48. The Kier molecular flexibility index (Phi) is 2.91. The molecule has 1 rings (SSSR count). The summed E-state index contributed by atoms with van der Waals surface area (Å²) in [5, 5.41) is 0. The predicted molar refractivity (Wildman–Crippen MR) is 52.6 cm³/mol. The molecule has 1 heterocycles. The Morgan fingerprint density at radius 3 is 2.77 bits per heavy atom. The number of ether oxygens (including phenoxy) is 1. The number of carbonyl (C=O) groups excluding carboxylic acids is 1. The average molecular weight is 182 g/mol. The fraction of sp³-hybridized carbons (Fsp3) is 0.727. The highest BCUT2D eigenvalue weighted by Gasteiger charge is 2.55. The van der Waals surface area contributed by atoms with Gasteiger partial charge in [-0.3, -0.25) is 4.79 Å². The molecule has 1 aliphatic rings. The van der Waals surface area contributed by atoms with Crippen LogP contribution in [0.3, 0.4) is 0 Å². The number of hydrogen-bond acceptors (Lipinski definition) is 2. The first-order chi connectivity index (χ1) is 6.01. The van der Waals surface area contributed by atoms with Crippen molar-refractivity contribution in [3.05, 3.63) is 12.7 Å². The number of hydrogen-bond donors (Lipinski definition) is 0. The first-order valence-electron chi connectivity index (χ1n) is 4.83. The lowest BCUT2D eigenvalue weighted by Gasteiger charge is -2.04. The van der Waals surface area contributed by atoms with Crippen LogP contribution in [0.2, 0.25) is 0 Å². The Morgan fingerprint density at radius 1 is 1.69 bits per heavy atom. The fourth-order valence-corrected chi connectivity index (χ4v) is 1.48. The van der Waals surface area contributed by atoms with Gasteiger partial charge in [-0.2, -0.15) is 0 Å². The molecular formula is C11H18O2. The lowest BCUT2D eigenvalue weighted by atomic mass is 9.94. The molecule has 1 saturated heterocycles. The molecule has 0 radical (unpaired) electrons. The van der Waals surface area contributed by atoms with Gasteiger partial charge in [0.2, 0.25) is 0 Å². The number of carbonyl (C=O) groups is 1. The quantitative estimate of drug-likeness (QED) is 0.482. The van der Waals surface area contributed by atoms with Gasteiger partial charge in [-0.05, 0) is 19.8 Å². The van der Waals surface area contributed by atoms with E-state index < -0.39 is 0 Å². The van der Waals surface area contributed by atoms with E-state index in [0.717, 1.165) is 12.8 Å². The maximum Gasteiger partial charge on any atom is 0.167 e. The topological polar surface area (TPSA) is 29.6 Å². The van der Waals surface area contributed by atoms with E-state index >= 15 is 0 Å². The zero-order valence-corrected chi connectivity index (χ0v) is 8.67. The van der Waals surface area contributed by atoms with Crippen LogP contribution in [0.1, 0.15) is 33.6 Å². The highest BCUT2D eigenvalue weighted by atomic mass is 16.6. The first kappa shape index (κ1) is 10.5. The van der Waals surface area contributed by atoms with Gasteiger partial charge in [0, 0.05) is 5.92 Å². The van der Waals surface area contributed by atoms with Crippen molar-refractivity contribution in [1.82, 2.24) is 0 Å². The van der Waals surface area contributed by atoms with Gasteiger partial charge >= 0.3 is 0 Å². The Labute approximate surface area is 80.0 Å². The zero-order chi connectivity index (χ0) is 10.1. The molecule has 2 nitrogen and oxygen atoms in total. The Balaban J connectivity index is 2.43. The summed E-state index contributed by atoms with van der Waals surface area (Å²) in [6, 6.07) is 0. The van der Waals surface area contributed by atoms with Crippen LogP contribution in [0, 0.1) is 5.92 Å². The Hall–Kier alpha value is -0.630. The second-order valence-electron chi connectivity index (χ2n) is 4.19. The standard InChI is InChI=1S/C11H18O2/c1-5-6-7-11(4)10(13-11)9(12)8(2)3/h5,8,10H,1,6-7H2,2-4H3. The lowest BCUT2D eigenvalue weighted by Crippen LogP contribution is -2.21. The molecule has 0 N–H and O–H groups in total. The maximum atomic E-state index is 11.5. The normalized spacial score (nSPS) is 31.8. The van der Waals surface area contributed by atoms with Crippen molar-refractivity contribution < 1.29 is 9.53 Å². The van der Waals surface area contributed by atoms with Crippen molar-refractivity contribution in [2.45, 2.75) is 45.3 Å². The third kappa shape index (κ3) is 2.19. The largest absolute Gasteiger partial charge is 0.358 e. The molecule has 0 aromatic rings. The van der Waals surface area contributed by atoms with Crippen LogP contribution in [-0.2, 0) is 9.53 Å². The number of rotatable bonds is 5. The van der Waals surface area contributed by atoms with Gasteiger partial charge in [-0.25, -0.2) is 0 Å². The second-order valence-corrected chi connectivity index (χ2v) is 4.19. The maximum absolute atomic E-state index is 11.5. The minimum atomic E-state index is -0.199. The van der Waals surface area contributed by atoms with E-state index in [4.69, 9.17) is 4.74 Å². The number of ketones is 1. The van der Waals surface area contributed by atoms with Gasteiger partial charge in [0.1, 0.15) is 11.7 Å². The second kappa shape index (κ2) is 3.62. The SMILES string of the molecule is C=CCCC1(C)OC1C(=O)C(C)C. The lowest BCUT2D eigenvalue weighted by molar-refractivity contribution is -0.123. The van der Waals surface area contributed by atoms with Crippen LogP contribution in [0.25, 0.3) is 0 Å². The molecule has 0 aromatic carbocycles. The van der Waals surface area contributed by atoms with E-state index in [-0.39, 0.29) is 23.4 Å². The average Bonchev–Trinajstić information content (AvgIpc) is 2.74. The van der Waals surface area contributed by atoms with E-state index in [1.165, 1.54) is 0 Å². The molecule has 0 saturated carbocycles. The number of epoxide rings is 1. The minimum absolute atomic E-state index is 0.0792. The molecule has 0 bridgehead atoms. The Bertz CT molecular complexity index is 220. The van der Waals surface area contributed by atoms with Crippen LogP contribution < -0.4 is 0 Å². The van der Waals surface area contributed by atoms with Gasteiger partial charge in [0.25, 0.3) is 0 Å². The van der Waals surface area contributed by atoms with Crippen molar-refractivity contribution in [2.75, 3.05) is 0 Å². The van der Waals surface area contributed by atoms with Crippen molar-refractivity contribution in [1.29, 1.82) is 0 Å². The van der Waals surface area contributed by atoms with Crippen LogP contribution >= 0.6 is 0 Å².